The van der Waals surface area contributed by atoms with Crippen LogP contribution < -0.4 is 0 Å². The molecule has 104 valence electrons. The second-order valence-corrected chi connectivity index (χ2v) is 5.22. The average molecular weight is 278 g/mol. The molecule has 1 N–H and O–H groups in total. The first kappa shape index (κ1) is 12.1. The summed E-state index contributed by atoms with van der Waals surface area (Å²) in [6.07, 6.45) is 5.95. The highest BCUT2D eigenvalue weighted by Gasteiger charge is 2.24. The highest BCUT2D eigenvalue weighted by molar-refractivity contribution is 6.06. The third kappa shape index (κ3) is 1.98. The molecule has 5 heteroatoms. The summed E-state index contributed by atoms with van der Waals surface area (Å²) in [5, 5.41) is 0.970. The van der Waals surface area contributed by atoms with Crippen LogP contribution in [0.1, 0.15) is 21.6 Å². The number of rotatable bonds is 1. The number of nitrogens with zero attached hydrogens (tertiary/aromatic N) is 3. The van der Waals surface area contributed by atoms with Gasteiger partial charge in [0.15, 0.2) is 0 Å². The van der Waals surface area contributed by atoms with Gasteiger partial charge in [0.1, 0.15) is 6.33 Å². The number of carbonyl (C=O) groups is 1. The summed E-state index contributed by atoms with van der Waals surface area (Å²) >= 11 is 0. The molecule has 0 radical (unpaired) electrons. The Hall–Kier alpha value is -2.69. The number of benzene rings is 1. The Kier molecular flexibility index (Phi) is 2.70. The molecule has 1 amide bonds. The van der Waals surface area contributed by atoms with E-state index in [1.165, 1.54) is 0 Å². The van der Waals surface area contributed by atoms with E-state index in [2.05, 4.69) is 15.0 Å². The Labute approximate surface area is 121 Å². The molecule has 0 aliphatic carbocycles. The SMILES string of the molecule is O=C(c1c[nH]c2ccccc12)N1CCc2ncncc2C1. The maximum absolute atomic E-state index is 12.7. The van der Waals surface area contributed by atoms with Crippen molar-refractivity contribution in [3.8, 4) is 0 Å². The summed E-state index contributed by atoms with van der Waals surface area (Å²) < 4.78 is 0. The van der Waals surface area contributed by atoms with E-state index in [1.54, 1.807) is 18.7 Å². The van der Waals surface area contributed by atoms with Crippen molar-refractivity contribution in [2.45, 2.75) is 13.0 Å². The van der Waals surface area contributed by atoms with Crippen molar-refractivity contribution in [2.75, 3.05) is 6.54 Å². The maximum atomic E-state index is 12.7. The van der Waals surface area contributed by atoms with E-state index >= 15 is 0 Å². The van der Waals surface area contributed by atoms with Gasteiger partial charge in [0.2, 0.25) is 0 Å². The van der Waals surface area contributed by atoms with Gasteiger partial charge >= 0.3 is 0 Å². The standard InChI is InChI=1S/C16H14N4O/c21-16(13-8-18-15-4-2-1-3-12(13)15)20-6-5-14-11(9-20)7-17-10-19-14/h1-4,7-8,10,18H,5-6,9H2. The fraction of sp³-hybridized carbons (Fsp3) is 0.188. The van der Waals surface area contributed by atoms with Gasteiger partial charge in [0, 0.05) is 48.4 Å². The van der Waals surface area contributed by atoms with Crippen LogP contribution in [-0.4, -0.2) is 32.3 Å². The lowest BCUT2D eigenvalue weighted by Gasteiger charge is -2.27. The molecule has 0 atom stereocenters. The number of aromatic amines is 1. The zero-order valence-electron chi connectivity index (χ0n) is 11.4. The van der Waals surface area contributed by atoms with E-state index in [1.807, 2.05) is 29.2 Å². The smallest absolute Gasteiger partial charge is 0.256 e. The summed E-state index contributed by atoms with van der Waals surface area (Å²) in [4.78, 5) is 26.1. The topological polar surface area (TPSA) is 61.9 Å². The molecule has 0 unspecified atom stereocenters. The van der Waals surface area contributed by atoms with Crippen molar-refractivity contribution in [1.29, 1.82) is 0 Å². The van der Waals surface area contributed by atoms with Gasteiger partial charge < -0.3 is 9.88 Å². The lowest BCUT2D eigenvalue weighted by atomic mass is 10.1. The molecule has 4 rings (SSSR count). The number of aromatic nitrogens is 3. The van der Waals surface area contributed by atoms with Crippen molar-refractivity contribution in [3.63, 3.8) is 0 Å². The van der Waals surface area contributed by atoms with Crippen LogP contribution in [0.4, 0.5) is 0 Å². The predicted molar refractivity (Wildman–Crippen MR) is 78.8 cm³/mol. The molecular weight excluding hydrogens is 264 g/mol. The van der Waals surface area contributed by atoms with Crippen LogP contribution in [0.2, 0.25) is 0 Å². The highest BCUT2D eigenvalue weighted by Crippen LogP contribution is 2.22. The van der Waals surface area contributed by atoms with Gasteiger partial charge in [-0.3, -0.25) is 4.79 Å². The van der Waals surface area contributed by atoms with E-state index < -0.39 is 0 Å². The Morgan fingerprint density at radius 1 is 1.29 bits per heavy atom. The predicted octanol–water partition coefficient (Wildman–Crippen LogP) is 2.16. The van der Waals surface area contributed by atoms with Crippen molar-refractivity contribution in [3.05, 3.63) is 59.8 Å². The third-order valence-electron chi connectivity index (χ3n) is 3.97. The fourth-order valence-electron chi connectivity index (χ4n) is 2.86. The van der Waals surface area contributed by atoms with Crippen LogP contribution >= 0.6 is 0 Å². The molecule has 0 spiro atoms. The van der Waals surface area contributed by atoms with Crippen LogP contribution in [0.5, 0.6) is 0 Å². The van der Waals surface area contributed by atoms with Crippen LogP contribution in [0.3, 0.4) is 0 Å². The average Bonchev–Trinajstić information content (AvgIpc) is 2.98. The molecule has 0 saturated heterocycles. The van der Waals surface area contributed by atoms with E-state index in [4.69, 9.17) is 0 Å². The van der Waals surface area contributed by atoms with Crippen LogP contribution in [0, 0.1) is 0 Å². The molecule has 21 heavy (non-hydrogen) atoms. The molecule has 2 aromatic heterocycles. The third-order valence-corrected chi connectivity index (χ3v) is 3.97. The first-order valence-corrected chi connectivity index (χ1v) is 6.96. The molecule has 0 fully saturated rings. The van der Waals surface area contributed by atoms with Gasteiger partial charge in [0.05, 0.1) is 11.3 Å². The lowest BCUT2D eigenvalue weighted by molar-refractivity contribution is 0.0735. The largest absolute Gasteiger partial charge is 0.360 e. The Balaban J connectivity index is 1.67. The van der Waals surface area contributed by atoms with Gasteiger partial charge in [-0.15, -0.1) is 0 Å². The van der Waals surface area contributed by atoms with E-state index in [-0.39, 0.29) is 5.91 Å². The van der Waals surface area contributed by atoms with Crippen molar-refractivity contribution in [2.24, 2.45) is 0 Å². The zero-order valence-corrected chi connectivity index (χ0v) is 11.4. The van der Waals surface area contributed by atoms with Crippen LogP contribution in [0.15, 0.2) is 43.0 Å². The second-order valence-electron chi connectivity index (χ2n) is 5.22. The minimum absolute atomic E-state index is 0.0574. The van der Waals surface area contributed by atoms with Crippen molar-refractivity contribution < 1.29 is 4.79 Å². The van der Waals surface area contributed by atoms with Crippen LogP contribution in [-0.2, 0) is 13.0 Å². The van der Waals surface area contributed by atoms with Gasteiger partial charge in [0.25, 0.3) is 5.91 Å². The van der Waals surface area contributed by atoms with Gasteiger partial charge in [-0.05, 0) is 6.07 Å². The molecule has 5 nitrogen and oxygen atoms in total. The number of hydrogen-bond acceptors (Lipinski definition) is 3. The minimum atomic E-state index is 0.0574. The Morgan fingerprint density at radius 3 is 3.14 bits per heavy atom. The fourth-order valence-corrected chi connectivity index (χ4v) is 2.86. The van der Waals surface area contributed by atoms with E-state index in [0.29, 0.717) is 13.1 Å². The summed E-state index contributed by atoms with van der Waals surface area (Å²) in [5.74, 6) is 0.0574. The number of H-pyrrole nitrogens is 1. The molecular formula is C16H14N4O. The number of hydrogen-bond donors (Lipinski definition) is 1. The second kappa shape index (κ2) is 4.70. The first-order chi connectivity index (χ1) is 10.3. The molecule has 3 heterocycles. The normalized spacial score (nSPS) is 14.2. The summed E-state index contributed by atoms with van der Waals surface area (Å²) in [6.45, 7) is 1.27. The highest BCUT2D eigenvalue weighted by atomic mass is 16.2. The number of nitrogens with one attached hydrogen (secondary N) is 1. The number of amides is 1. The molecule has 0 saturated carbocycles. The number of carbonyl (C=O) groups excluding carboxylic acids is 1. The van der Waals surface area contributed by atoms with Gasteiger partial charge in [-0.2, -0.15) is 0 Å². The number of para-hydroxylation sites is 1. The van der Waals surface area contributed by atoms with E-state index in [9.17, 15) is 4.79 Å². The van der Waals surface area contributed by atoms with Crippen molar-refractivity contribution >= 4 is 16.8 Å². The summed E-state index contributed by atoms with van der Waals surface area (Å²) in [6, 6.07) is 7.86. The lowest BCUT2D eigenvalue weighted by Crippen LogP contribution is -2.36. The first-order valence-electron chi connectivity index (χ1n) is 6.96. The minimum Gasteiger partial charge on any atom is -0.360 e. The summed E-state index contributed by atoms with van der Waals surface area (Å²) in [5.41, 5.74) is 3.80. The van der Waals surface area contributed by atoms with Gasteiger partial charge in [-0.25, -0.2) is 9.97 Å². The molecule has 1 aliphatic rings. The van der Waals surface area contributed by atoms with Crippen LogP contribution in [0.25, 0.3) is 10.9 Å². The zero-order chi connectivity index (χ0) is 14.2. The molecule has 1 aromatic carbocycles. The Morgan fingerprint density at radius 2 is 2.19 bits per heavy atom. The maximum Gasteiger partial charge on any atom is 0.256 e. The molecule has 3 aromatic rings. The van der Waals surface area contributed by atoms with Gasteiger partial charge in [-0.1, -0.05) is 18.2 Å². The summed E-state index contributed by atoms with van der Waals surface area (Å²) in [7, 11) is 0. The number of fused-ring (bicyclic) bond motifs is 2. The quantitative estimate of drug-likeness (QED) is 0.742. The Bertz CT molecular complexity index is 824. The molecule has 1 aliphatic heterocycles. The molecule has 0 bridgehead atoms. The monoisotopic (exact) mass is 278 g/mol. The van der Waals surface area contributed by atoms with Crippen molar-refractivity contribution in [1.82, 2.24) is 19.9 Å². The van der Waals surface area contributed by atoms with E-state index in [0.717, 1.165) is 34.1 Å².